The lowest BCUT2D eigenvalue weighted by molar-refractivity contribution is -0.147. The highest BCUT2D eigenvalue weighted by molar-refractivity contribution is 7.16. The summed E-state index contributed by atoms with van der Waals surface area (Å²) in [4.78, 5) is 35.3. The molecule has 38 heavy (non-hydrogen) atoms. The Balaban J connectivity index is 1.32. The first kappa shape index (κ1) is 27.1. The number of carboxylic acid groups (broad SMARTS) is 1. The first-order valence-corrected chi connectivity index (χ1v) is 13.2. The van der Waals surface area contributed by atoms with Crippen molar-refractivity contribution in [1.29, 1.82) is 0 Å². The minimum atomic E-state index is -0.812. The van der Waals surface area contributed by atoms with Crippen LogP contribution >= 0.6 is 11.3 Å². The first-order valence-electron chi connectivity index (χ1n) is 12.4. The highest BCUT2D eigenvalue weighted by Crippen LogP contribution is 2.29. The van der Waals surface area contributed by atoms with Crippen molar-refractivity contribution in [1.82, 2.24) is 4.57 Å². The van der Waals surface area contributed by atoms with Gasteiger partial charge in [0.2, 0.25) is 0 Å². The highest BCUT2D eigenvalue weighted by Gasteiger charge is 2.26. The van der Waals surface area contributed by atoms with Gasteiger partial charge in [-0.15, -0.1) is 4.91 Å². The van der Waals surface area contributed by atoms with Gasteiger partial charge < -0.3 is 14.6 Å². The number of aromatic nitrogens is 1. The number of benzene rings is 3. The number of aliphatic carboxylic acids is 1. The predicted octanol–water partition coefficient (Wildman–Crippen LogP) is 6.27. The van der Waals surface area contributed by atoms with Crippen LogP contribution in [0.4, 0.5) is 0 Å². The van der Waals surface area contributed by atoms with Crippen LogP contribution in [0.15, 0.2) is 82.8 Å². The molecule has 0 spiro atoms. The van der Waals surface area contributed by atoms with Gasteiger partial charge in [0.15, 0.2) is 0 Å². The van der Waals surface area contributed by atoms with Gasteiger partial charge in [0.25, 0.3) is 0 Å². The number of carboxylic acids is 1. The van der Waals surface area contributed by atoms with Gasteiger partial charge in [-0.3, -0.25) is 14.2 Å². The molecular weight excluding hydrogens is 504 g/mol. The maximum absolute atomic E-state index is 12.7. The molecule has 1 N–H and O–H groups in total. The Morgan fingerprint density at radius 2 is 1.63 bits per heavy atom. The van der Waals surface area contributed by atoms with Crippen molar-refractivity contribution in [3.63, 3.8) is 0 Å². The Bertz CT molecular complexity index is 1440. The predicted molar refractivity (Wildman–Crippen MR) is 148 cm³/mol. The van der Waals surface area contributed by atoms with E-state index in [2.05, 4.69) is 5.18 Å². The van der Waals surface area contributed by atoms with Gasteiger partial charge in [-0.1, -0.05) is 52.9 Å². The van der Waals surface area contributed by atoms with Gasteiger partial charge in [-0.2, -0.15) is 0 Å². The molecule has 9 heteroatoms. The maximum atomic E-state index is 12.7. The number of thiazole rings is 1. The van der Waals surface area contributed by atoms with Crippen LogP contribution in [0.2, 0.25) is 0 Å². The SMILES string of the molecule is CC(C)(CCCOc1ccc(OCCn2c(=O)sc3cc(C(N=O)c4ccccc4)ccc32)cc1)C(=O)O. The average Bonchev–Trinajstić information content (AvgIpc) is 3.22. The summed E-state index contributed by atoms with van der Waals surface area (Å²) in [5.74, 6) is 0.523. The summed E-state index contributed by atoms with van der Waals surface area (Å²) in [6, 6.07) is 21.5. The number of ether oxygens (including phenoxy) is 2. The lowest BCUT2D eigenvalue weighted by Gasteiger charge is -2.18. The van der Waals surface area contributed by atoms with E-state index in [0.29, 0.717) is 44.1 Å². The lowest BCUT2D eigenvalue weighted by Crippen LogP contribution is -2.24. The van der Waals surface area contributed by atoms with E-state index < -0.39 is 17.4 Å². The third kappa shape index (κ3) is 6.47. The van der Waals surface area contributed by atoms with E-state index in [1.807, 2.05) is 48.5 Å². The largest absolute Gasteiger partial charge is 0.494 e. The summed E-state index contributed by atoms with van der Waals surface area (Å²) in [5.41, 5.74) is 1.58. The third-order valence-electron chi connectivity index (χ3n) is 6.43. The number of hydrogen-bond donors (Lipinski definition) is 1. The zero-order chi connectivity index (χ0) is 27.1. The van der Waals surface area contributed by atoms with Crippen molar-refractivity contribution in [3.8, 4) is 11.5 Å². The van der Waals surface area contributed by atoms with E-state index in [4.69, 9.17) is 9.47 Å². The van der Waals surface area contributed by atoms with Crippen LogP contribution in [0, 0.1) is 10.3 Å². The summed E-state index contributed by atoms with van der Waals surface area (Å²) >= 11 is 1.14. The quantitative estimate of drug-likeness (QED) is 0.160. The zero-order valence-electron chi connectivity index (χ0n) is 21.3. The van der Waals surface area contributed by atoms with Crippen molar-refractivity contribution in [3.05, 3.63) is 98.5 Å². The normalized spacial score (nSPS) is 12.3. The number of carbonyl (C=O) groups is 1. The van der Waals surface area contributed by atoms with Gasteiger partial charge in [0.1, 0.15) is 24.1 Å². The smallest absolute Gasteiger partial charge is 0.309 e. The molecule has 0 saturated carbocycles. The fourth-order valence-corrected chi connectivity index (χ4v) is 5.08. The minimum absolute atomic E-state index is 0.0918. The van der Waals surface area contributed by atoms with Crippen molar-refractivity contribution in [2.24, 2.45) is 10.6 Å². The Morgan fingerprint density at radius 1 is 0.974 bits per heavy atom. The number of nitroso groups, excluding NO2 is 1. The first-order chi connectivity index (χ1) is 18.3. The minimum Gasteiger partial charge on any atom is -0.494 e. The van der Waals surface area contributed by atoms with Gasteiger partial charge in [-0.05, 0) is 74.2 Å². The Labute approximate surface area is 224 Å². The van der Waals surface area contributed by atoms with Crippen molar-refractivity contribution in [2.45, 2.75) is 39.3 Å². The molecule has 1 heterocycles. The molecule has 1 atom stereocenters. The van der Waals surface area contributed by atoms with Crippen LogP contribution in [-0.2, 0) is 11.3 Å². The van der Waals surface area contributed by atoms with Crippen molar-refractivity contribution in [2.75, 3.05) is 13.2 Å². The molecule has 1 unspecified atom stereocenters. The van der Waals surface area contributed by atoms with Crippen LogP contribution in [0.3, 0.4) is 0 Å². The summed E-state index contributed by atoms with van der Waals surface area (Å²) < 4.78 is 14.0. The highest BCUT2D eigenvalue weighted by atomic mass is 32.1. The van der Waals surface area contributed by atoms with E-state index in [-0.39, 0.29) is 4.87 Å². The van der Waals surface area contributed by atoms with Gasteiger partial charge in [-0.25, -0.2) is 0 Å². The van der Waals surface area contributed by atoms with Crippen LogP contribution in [0.25, 0.3) is 10.2 Å². The fourth-order valence-electron chi connectivity index (χ4n) is 4.11. The van der Waals surface area contributed by atoms with Gasteiger partial charge >= 0.3 is 10.8 Å². The van der Waals surface area contributed by atoms with E-state index in [1.165, 1.54) is 0 Å². The number of fused-ring (bicyclic) bond motifs is 1. The number of nitrogens with zero attached hydrogens (tertiary/aromatic N) is 2. The molecule has 198 valence electrons. The van der Waals surface area contributed by atoms with E-state index in [9.17, 15) is 19.6 Å². The van der Waals surface area contributed by atoms with Crippen LogP contribution in [-0.4, -0.2) is 28.9 Å². The molecule has 0 amide bonds. The molecule has 0 aliphatic rings. The van der Waals surface area contributed by atoms with E-state index >= 15 is 0 Å². The van der Waals surface area contributed by atoms with Crippen molar-refractivity contribution < 1.29 is 19.4 Å². The number of rotatable bonds is 13. The standard InChI is InChI=1S/C29H30N2O6S/c1-29(2,27(32)33)15-6-17-36-22-10-12-23(13-11-22)37-18-16-31-24-14-9-21(19-25(24)38-28(31)34)26(30-35)20-7-4-3-5-8-20/h3-5,7-14,19,26H,6,15-18H2,1-2H3,(H,32,33). The second-order valence-electron chi connectivity index (χ2n) is 9.63. The van der Waals surface area contributed by atoms with E-state index in [1.54, 1.807) is 42.7 Å². The zero-order valence-corrected chi connectivity index (χ0v) is 22.1. The molecular formula is C29H30N2O6S. The summed E-state index contributed by atoms with van der Waals surface area (Å²) in [6.45, 7) is 4.53. The molecule has 0 fully saturated rings. The molecule has 0 saturated heterocycles. The number of hydrogen-bond acceptors (Lipinski definition) is 7. The van der Waals surface area contributed by atoms with Crippen LogP contribution in [0.1, 0.15) is 43.9 Å². The molecule has 8 nitrogen and oxygen atoms in total. The molecule has 4 aromatic rings. The van der Waals surface area contributed by atoms with Gasteiger partial charge in [0.05, 0.1) is 28.8 Å². The third-order valence-corrected chi connectivity index (χ3v) is 7.37. The van der Waals surface area contributed by atoms with Crippen LogP contribution < -0.4 is 14.3 Å². The molecule has 3 aromatic carbocycles. The fraction of sp³-hybridized carbons (Fsp3) is 0.310. The maximum Gasteiger partial charge on any atom is 0.309 e. The Hall–Kier alpha value is -3.98. The molecule has 0 aliphatic carbocycles. The summed E-state index contributed by atoms with van der Waals surface area (Å²) in [6.07, 6.45) is 1.17. The molecule has 0 bridgehead atoms. The molecule has 1 aromatic heterocycles. The van der Waals surface area contributed by atoms with Crippen LogP contribution in [0.5, 0.6) is 11.5 Å². The second kappa shape index (κ2) is 12.0. The second-order valence-corrected chi connectivity index (χ2v) is 10.6. The van der Waals surface area contributed by atoms with Crippen molar-refractivity contribution >= 4 is 27.5 Å². The molecule has 4 rings (SSSR count). The average molecular weight is 535 g/mol. The van der Waals surface area contributed by atoms with E-state index in [0.717, 1.165) is 32.7 Å². The monoisotopic (exact) mass is 534 g/mol. The lowest BCUT2D eigenvalue weighted by atomic mass is 9.88. The topological polar surface area (TPSA) is 107 Å². The Kier molecular flexibility index (Phi) is 8.58. The Morgan fingerprint density at radius 3 is 2.26 bits per heavy atom. The van der Waals surface area contributed by atoms with Gasteiger partial charge in [0, 0.05) is 0 Å². The molecule has 0 aliphatic heterocycles. The summed E-state index contributed by atoms with van der Waals surface area (Å²) in [5, 5.41) is 12.5. The molecule has 0 radical (unpaired) electrons. The summed E-state index contributed by atoms with van der Waals surface area (Å²) in [7, 11) is 0.